The minimum Gasteiger partial charge on any atom is -0.467 e. The van der Waals surface area contributed by atoms with E-state index in [2.05, 4.69) is 74.1 Å². The molecule has 1 aromatic carbocycles. The molecule has 0 radical (unpaired) electrons. The van der Waals surface area contributed by atoms with Crippen LogP contribution >= 0.6 is 0 Å². The first kappa shape index (κ1) is 21.8. The summed E-state index contributed by atoms with van der Waals surface area (Å²) < 4.78 is 10.8. The molecule has 0 bridgehead atoms. The number of nitrogens with zero attached hydrogens (tertiary/aromatic N) is 2. The summed E-state index contributed by atoms with van der Waals surface area (Å²) in [5, 5.41) is 2.78. The van der Waals surface area contributed by atoms with Gasteiger partial charge in [0.1, 0.15) is 12.0 Å². The fraction of sp³-hybridized carbons (Fsp3) is 0.417. The van der Waals surface area contributed by atoms with E-state index in [0.717, 1.165) is 6.54 Å². The zero-order valence-corrected chi connectivity index (χ0v) is 18.4. The average molecular weight is 410 g/mol. The average Bonchev–Trinajstić information content (AvgIpc) is 3.37. The van der Waals surface area contributed by atoms with Gasteiger partial charge in [-0.2, -0.15) is 0 Å². The van der Waals surface area contributed by atoms with Crippen LogP contribution in [0.1, 0.15) is 67.9 Å². The van der Waals surface area contributed by atoms with Crippen LogP contribution in [0.25, 0.3) is 0 Å². The third-order valence-corrected chi connectivity index (χ3v) is 5.06. The molecule has 0 aliphatic carbocycles. The van der Waals surface area contributed by atoms with E-state index in [1.165, 1.54) is 17.4 Å². The van der Waals surface area contributed by atoms with Crippen LogP contribution in [0.2, 0.25) is 0 Å². The fourth-order valence-electron chi connectivity index (χ4n) is 3.10. The maximum atomic E-state index is 12.3. The van der Waals surface area contributed by atoms with Crippen LogP contribution in [0.5, 0.6) is 0 Å². The van der Waals surface area contributed by atoms with Gasteiger partial charge in [0.05, 0.1) is 19.4 Å². The van der Waals surface area contributed by atoms with Gasteiger partial charge in [0.15, 0.2) is 5.69 Å². The Labute approximate surface area is 178 Å². The van der Waals surface area contributed by atoms with Crippen molar-refractivity contribution in [3.8, 4) is 0 Å². The summed E-state index contributed by atoms with van der Waals surface area (Å²) in [6.45, 7) is 12.6. The summed E-state index contributed by atoms with van der Waals surface area (Å²) in [7, 11) is 0. The Morgan fingerprint density at radius 1 is 1.10 bits per heavy atom. The van der Waals surface area contributed by atoms with E-state index < -0.39 is 0 Å². The molecule has 30 heavy (non-hydrogen) atoms. The Kier molecular flexibility index (Phi) is 6.77. The standard InChI is InChI=1S/C24H31N3O3/c1-17(2)27(14-18-8-10-19(11-9-18)24(3,4)5)15-22-26-21(16-30-22)23(28)25-13-20-7-6-12-29-20/h6-12,16-17H,13-15H2,1-5H3,(H,25,28). The summed E-state index contributed by atoms with van der Waals surface area (Å²) in [5.74, 6) is 0.934. The van der Waals surface area contributed by atoms with Gasteiger partial charge in [0.2, 0.25) is 5.89 Å². The van der Waals surface area contributed by atoms with E-state index in [1.807, 2.05) is 6.07 Å². The Bertz CT molecular complexity index is 935. The van der Waals surface area contributed by atoms with Crippen molar-refractivity contribution in [3.05, 3.63) is 77.4 Å². The number of aromatic nitrogens is 1. The highest BCUT2D eigenvalue weighted by Crippen LogP contribution is 2.23. The summed E-state index contributed by atoms with van der Waals surface area (Å²) in [6, 6.07) is 12.6. The largest absolute Gasteiger partial charge is 0.467 e. The molecule has 0 spiro atoms. The molecule has 0 unspecified atom stereocenters. The highest BCUT2D eigenvalue weighted by molar-refractivity contribution is 5.91. The molecule has 0 saturated carbocycles. The third kappa shape index (κ3) is 5.83. The van der Waals surface area contributed by atoms with Crippen molar-refractivity contribution in [3.63, 3.8) is 0 Å². The van der Waals surface area contributed by atoms with Gasteiger partial charge in [-0.15, -0.1) is 0 Å². The van der Waals surface area contributed by atoms with E-state index in [0.29, 0.717) is 30.8 Å². The number of benzene rings is 1. The molecule has 0 saturated heterocycles. The molecule has 160 valence electrons. The molecule has 1 N–H and O–H groups in total. The van der Waals surface area contributed by atoms with Gasteiger partial charge < -0.3 is 14.2 Å². The topological polar surface area (TPSA) is 71.5 Å². The predicted molar refractivity (Wildman–Crippen MR) is 116 cm³/mol. The van der Waals surface area contributed by atoms with Gasteiger partial charge in [-0.25, -0.2) is 4.98 Å². The van der Waals surface area contributed by atoms with E-state index in [1.54, 1.807) is 12.3 Å². The molecule has 3 aromatic rings. The lowest BCUT2D eigenvalue weighted by Gasteiger charge is -2.25. The first-order chi connectivity index (χ1) is 14.2. The molecule has 2 heterocycles. The first-order valence-corrected chi connectivity index (χ1v) is 10.3. The number of rotatable bonds is 8. The second kappa shape index (κ2) is 9.30. The Morgan fingerprint density at radius 2 is 1.83 bits per heavy atom. The fourth-order valence-corrected chi connectivity index (χ4v) is 3.10. The number of nitrogens with one attached hydrogen (secondary N) is 1. The molecule has 0 aliphatic heterocycles. The van der Waals surface area contributed by atoms with E-state index >= 15 is 0 Å². The molecular weight excluding hydrogens is 378 g/mol. The number of oxazole rings is 1. The zero-order valence-electron chi connectivity index (χ0n) is 18.4. The molecule has 0 atom stereocenters. The van der Waals surface area contributed by atoms with Crippen LogP contribution in [0.15, 0.2) is 57.8 Å². The van der Waals surface area contributed by atoms with Crippen molar-refractivity contribution in [2.24, 2.45) is 0 Å². The minimum absolute atomic E-state index is 0.141. The highest BCUT2D eigenvalue weighted by Gasteiger charge is 2.18. The molecule has 0 aliphatic rings. The lowest BCUT2D eigenvalue weighted by molar-refractivity contribution is 0.0943. The van der Waals surface area contributed by atoms with Crippen LogP contribution in [0.4, 0.5) is 0 Å². The molecule has 6 nitrogen and oxygen atoms in total. The van der Waals surface area contributed by atoms with Crippen molar-refractivity contribution in [1.82, 2.24) is 15.2 Å². The van der Waals surface area contributed by atoms with E-state index in [-0.39, 0.29) is 17.0 Å². The quantitative estimate of drug-likeness (QED) is 0.573. The summed E-state index contributed by atoms with van der Waals surface area (Å²) >= 11 is 0. The molecule has 0 fully saturated rings. The number of hydrogen-bond acceptors (Lipinski definition) is 5. The highest BCUT2D eigenvalue weighted by atomic mass is 16.3. The lowest BCUT2D eigenvalue weighted by Crippen LogP contribution is -2.30. The van der Waals surface area contributed by atoms with Gasteiger partial charge >= 0.3 is 0 Å². The molecule has 1 amide bonds. The summed E-state index contributed by atoms with van der Waals surface area (Å²) in [4.78, 5) is 18.9. The van der Waals surface area contributed by atoms with E-state index in [4.69, 9.17) is 8.83 Å². The molecule has 6 heteroatoms. The number of carbonyl (C=O) groups excluding carboxylic acids is 1. The Balaban J connectivity index is 1.60. The van der Waals surface area contributed by atoms with Crippen LogP contribution in [-0.2, 0) is 25.0 Å². The number of amides is 1. The molecular formula is C24H31N3O3. The third-order valence-electron chi connectivity index (χ3n) is 5.06. The van der Waals surface area contributed by atoms with Gasteiger partial charge in [0, 0.05) is 12.6 Å². The lowest BCUT2D eigenvalue weighted by atomic mass is 9.87. The second-order valence-electron chi connectivity index (χ2n) is 8.83. The first-order valence-electron chi connectivity index (χ1n) is 10.3. The van der Waals surface area contributed by atoms with Crippen LogP contribution < -0.4 is 5.32 Å². The second-order valence-corrected chi connectivity index (χ2v) is 8.83. The molecule has 2 aromatic heterocycles. The predicted octanol–water partition coefficient (Wildman–Crippen LogP) is 4.91. The number of furan rings is 1. The van der Waals surface area contributed by atoms with Crippen LogP contribution in [0, 0.1) is 0 Å². The number of hydrogen-bond donors (Lipinski definition) is 1. The maximum Gasteiger partial charge on any atom is 0.273 e. The van der Waals surface area contributed by atoms with Gasteiger partial charge in [-0.05, 0) is 42.5 Å². The van der Waals surface area contributed by atoms with Crippen LogP contribution in [0.3, 0.4) is 0 Å². The van der Waals surface area contributed by atoms with Crippen molar-refractivity contribution in [2.45, 2.75) is 65.7 Å². The monoisotopic (exact) mass is 409 g/mol. The maximum absolute atomic E-state index is 12.3. The smallest absolute Gasteiger partial charge is 0.273 e. The van der Waals surface area contributed by atoms with Crippen molar-refractivity contribution in [2.75, 3.05) is 0 Å². The summed E-state index contributed by atoms with van der Waals surface area (Å²) in [5.41, 5.74) is 2.97. The summed E-state index contributed by atoms with van der Waals surface area (Å²) in [6.07, 6.45) is 2.98. The number of carbonyl (C=O) groups is 1. The van der Waals surface area contributed by atoms with Crippen molar-refractivity contribution in [1.29, 1.82) is 0 Å². The van der Waals surface area contributed by atoms with Gasteiger partial charge in [0.25, 0.3) is 5.91 Å². The Hall–Kier alpha value is -2.86. The minimum atomic E-state index is -0.282. The zero-order chi connectivity index (χ0) is 21.7. The van der Waals surface area contributed by atoms with Crippen molar-refractivity contribution >= 4 is 5.91 Å². The van der Waals surface area contributed by atoms with Gasteiger partial charge in [-0.3, -0.25) is 9.69 Å². The van der Waals surface area contributed by atoms with E-state index in [9.17, 15) is 4.79 Å². The van der Waals surface area contributed by atoms with Crippen LogP contribution in [-0.4, -0.2) is 21.8 Å². The SMILES string of the molecule is CC(C)N(Cc1ccc(C(C)(C)C)cc1)Cc1nc(C(=O)NCc2ccco2)co1. The normalized spacial score (nSPS) is 12.0. The molecule has 3 rings (SSSR count). The van der Waals surface area contributed by atoms with Crippen molar-refractivity contribution < 1.29 is 13.6 Å². The Morgan fingerprint density at radius 3 is 2.43 bits per heavy atom. The van der Waals surface area contributed by atoms with Gasteiger partial charge in [-0.1, -0.05) is 45.0 Å².